The monoisotopic (exact) mass is 348 g/mol. The maximum Gasteiger partial charge on any atom is 0.161 e. The van der Waals surface area contributed by atoms with E-state index in [4.69, 9.17) is 4.98 Å². The molecule has 0 aliphatic heterocycles. The van der Waals surface area contributed by atoms with Crippen molar-refractivity contribution in [3.63, 3.8) is 0 Å². The van der Waals surface area contributed by atoms with Crippen molar-refractivity contribution in [1.82, 2.24) is 15.0 Å². The van der Waals surface area contributed by atoms with Gasteiger partial charge in [-0.25, -0.2) is 9.97 Å². The summed E-state index contributed by atoms with van der Waals surface area (Å²) in [5.74, 6) is 1.49. The van der Waals surface area contributed by atoms with Crippen LogP contribution in [0.3, 0.4) is 0 Å². The van der Waals surface area contributed by atoms with Gasteiger partial charge >= 0.3 is 0 Å². The molecule has 0 spiro atoms. The summed E-state index contributed by atoms with van der Waals surface area (Å²) in [4.78, 5) is 15.4. The maximum atomic E-state index is 10.6. The van der Waals surface area contributed by atoms with Crippen molar-refractivity contribution in [2.45, 2.75) is 26.9 Å². The molecule has 26 heavy (non-hydrogen) atoms. The molecule has 1 unspecified atom stereocenters. The Morgan fingerprint density at radius 3 is 2.35 bits per heavy atom. The second kappa shape index (κ2) is 8.06. The molecule has 0 saturated carbocycles. The summed E-state index contributed by atoms with van der Waals surface area (Å²) in [5, 5.41) is 10.6. The number of likely N-dealkylation sites (N-methyl/N-ethyl adjacent to an activating group) is 1. The van der Waals surface area contributed by atoms with Gasteiger partial charge in [0.15, 0.2) is 5.82 Å². The van der Waals surface area contributed by atoms with Gasteiger partial charge in [-0.15, -0.1) is 0 Å². The second-order valence-corrected chi connectivity index (χ2v) is 6.39. The van der Waals surface area contributed by atoms with Crippen LogP contribution < -0.4 is 4.90 Å². The summed E-state index contributed by atoms with van der Waals surface area (Å²) < 4.78 is 0. The van der Waals surface area contributed by atoms with Crippen LogP contribution in [-0.4, -0.2) is 33.1 Å². The molecule has 0 aliphatic carbocycles. The molecular weight excluding hydrogens is 324 g/mol. The standard InChI is InChI=1S/C21H24N4O/c1-4-25(14-19(26)17-7-5-15(2)6-8-17)20-13-16(3)23-21(24-20)18-9-11-22-12-10-18/h5-13,19,26H,4,14H2,1-3H3. The maximum absolute atomic E-state index is 10.6. The fourth-order valence-corrected chi connectivity index (χ4v) is 2.83. The Morgan fingerprint density at radius 1 is 1.00 bits per heavy atom. The van der Waals surface area contributed by atoms with Crippen molar-refractivity contribution >= 4 is 5.82 Å². The lowest BCUT2D eigenvalue weighted by atomic mass is 10.1. The molecule has 0 saturated heterocycles. The quantitative estimate of drug-likeness (QED) is 0.736. The normalized spacial score (nSPS) is 12.0. The SMILES string of the molecule is CCN(CC(O)c1ccc(C)cc1)c1cc(C)nc(-c2ccncc2)n1. The molecule has 0 amide bonds. The van der Waals surface area contributed by atoms with Crippen LogP contribution in [0.15, 0.2) is 54.9 Å². The minimum absolute atomic E-state index is 0.478. The van der Waals surface area contributed by atoms with Crippen LogP contribution in [0.1, 0.15) is 29.8 Å². The number of pyridine rings is 1. The summed E-state index contributed by atoms with van der Waals surface area (Å²) in [7, 11) is 0. The second-order valence-electron chi connectivity index (χ2n) is 6.39. The molecule has 3 aromatic rings. The number of rotatable bonds is 6. The van der Waals surface area contributed by atoms with E-state index >= 15 is 0 Å². The van der Waals surface area contributed by atoms with Crippen LogP contribution in [0, 0.1) is 13.8 Å². The molecular formula is C21H24N4O. The minimum Gasteiger partial charge on any atom is -0.387 e. The van der Waals surface area contributed by atoms with E-state index in [0.717, 1.165) is 29.2 Å². The largest absolute Gasteiger partial charge is 0.387 e. The highest BCUT2D eigenvalue weighted by Crippen LogP contribution is 2.22. The van der Waals surface area contributed by atoms with E-state index in [1.807, 2.05) is 56.3 Å². The number of hydrogen-bond donors (Lipinski definition) is 1. The Morgan fingerprint density at radius 2 is 1.69 bits per heavy atom. The Labute approximate surface area is 154 Å². The number of aryl methyl sites for hydroxylation is 2. The Kier molecular flexibility index (Phi) is 5.58. The van der Waals surface area contributed by atoms with Crippen molar-refractivity contribution in [3.8, 4) is 11.4 Å². The van der Waals surface area contributed by atoms with Gasteiger partial charge in [0, 0.05) is 42.8 Å². The van der Waals surface area contributed by atoms with E-state index in [-0.39, 0.29) is 0 Å². The third kappa shape index (κ3) is 4.24. The Hall–Kier alpha value is -2.79. The molecule has 0 aliphatic rings. The minimum atomic E-state index is -0.574. The zero-order chi connectivity index (χ0) is 18.5. The molecule has 134 valence electrons. The van der Waals surface area contributed by atoms with Crippen LogP contribution in [0.25, 0.3) is 11.4 Å². The van der Waals surface area contributed by atoms with Gasteiger partial charge in [0.1, 0.15) is 5.82 Å². The van der Waals surface area contributed by atoms with Gasteiger partial charge in [-0.1, -0.05) is 29.8 Å². The molecule has 2 aromatic heterocycles. The van der Waals surface area contributed by atoms with Gasteiger partial charge < -0.3 is 10.0 Å². The first-order chi connectivity index (χ1) is 12.6. The van der Waals surface area contributed by atoms with Gasteiger partial charge in [0.05, 0.1) is 6.10 Å². The van der Waals surface area contributed by atoms with E-state index in [1.54, 1.807) is 12.4 Å². The zero-order valence-corrected chi connectivity index (χ0v) is 15.4. The molecule has 1 N–H and O–H groups in total. The lowest BCUT2D eigenvalue weighted by Gasteiger charge is -2.25. The van der Waals surface area contributed by atoms with Crippen molar-refractivity contribution in [3.05, 3.63) is 71.7 Å². The third-order valence-electron chi connectivity index (χ3n) is 4.34. The molecule has 5 heteroatoms. The van der Waals surface area contributed by atoms with E-state index in [1.165, 1.54) is 5.56 Å². The molecule has 0 fully saturated rings. The Bertz CT molecular complexity index is 850. The van der Waals surface area contributed by atoms with Crippen molar-refractivity contribution < 1.29 is 5.11 Å². The van der Waals surface area contributed by atoms with Gasteiger partial charge in [0.25, 0.3) is 0 Å². The van der Waals surface area contributed by atoms with Crippen LogP contribution >= 0.6 is 0 Å². The van der Waals surface area contributed by atoms with E-state index in [2.05, 4.69) is 21.8 Å². The van der Waals surface area contributed by atoms with Gasteiger partial charge in [-0.2, -0.15) is 0 Å². The average molecular weight is 348 g/mol. The zero-order valence-electron chi connectivity index (χ0n) is 15.4. The predicted molar refractivity (Wildman–Crippen MR) is 104 cm³/mol. The average Bonchev–Trinajstić information content (AvgIpc) is 2.66. The lowest BCUT2D eigenvalue weighted by Crippen LogP contribution is -2.29. The molecule has 1 aromatic carbocycles. The fraction of sp³-hybridized carbons (Fsp3) is 0.286. The number of aromatic nitrogens is 3. The van der Waals surface area contributed by atoms with Gasteiger partial charge in [-0.3, -0.25) is 4.98 Å². The molecule has 1 atom stereocenters. The van der Waals surface area contributed by atoms with Crippen LogP contribution in [0.2, 0.25) is 0 Å². The first-order valence-electron chi connectivity index (χ1n) is 8.82. The molecule has 3 rings (SSSR count). The number of hydrogen-bond acceptors (Lipinski definition) is 5. The van der Waals surface area contributed by atoms with E-state index in [0.29, 0.717) is 12.4 Å². The van der Waals surface area contributed by atoms with E-state index < -0.39 is 6.10 Å². The first kappa shape index (κ1) is 18.0. The van der Waals surface area contributed by atoms with E-state index in [9.17, 15) is 5.11 Å². The molecule has 2 heterocycles. The van der Waals surface area contributed by atoms with Crippen molar-refractivity contribution in [2.24, 2.45) is 0 Å². The number of aliphatic hydroxyl groups is 1. The third-order valence-corrected chi connectivity index (χ3v) is 4.34. The summed E-state index contributed by atoms with van der Waals surface area (Å²) in [6, 6.07) is 13.7. The van der Waals surface area contributed by atoms with Gasteiger partial charge in [0.2, 0.25) is 0 Å². The number of nitrogens with zero attached hydrogens (tertiary/aromatic N) is 4. The van der Waals surface area contributed by atoms with Crippen LogP contribution in [0.4, 0.5) is 5.82 Å². The summed E-state index contributed by atoms with van der Waals surface area (Å²) in [6.07, 6.45) is 2.90. The summed E-state index contributed by atoms with van der Waals surface area (Å²) in [5.41, 5.74) is 3.92. The number of benzene rings is 1. The first-order valence-corrected chi connectivity index (χ1v) is 8.82. The fourth-order valence-electron chi connectivity index (χ4n) is 2.83. The topological polar surface area (TPSA) is 62.1 Å². The highest BCUT2D eigenvalue weighted by atomic mass is 16.3. The van der Waals surface area contributed by atoms with Crippen molar-refractivity contribution in [1.29, 1.82) is 0 Å². The molecule has 0 radical (unpaired) electrons. The van der Waals surface area contributed by atoms with Crippen LogP contribution in [-0.2, 0) is 0 Å². The smallest absolute Gasteiger partial charge is 0.161 e. The predicted octanol–water partition coefficient (Wildman–Crippen LogP) is 3.72. The summed E-state index contributed by atoms with van der Waals surface area (Å²) in [6.45, 7) is 7.28. The van der Waals surface area contributed by atoms with Crippen molar-refractivity contribution in [2.75, 3.05) is 18.0 Å². The Balaban J connectivity index is 1.85. The molecule has 5 nitrogen and oxygen atoms in total. The number of aliphatic hydroxyl groups excluding tert-OH is 1. The summed E-state index contributed by atoms with van der Waals surface area (Å²) >= 11 is 0. The highest BCUT2D eigenvalue weighted by molar-refractivity contribution is 5.57. The number of anilines is 1. The lowest BCUT2D eigenvalue weighted by molar-refractivity contribution is 0.183. The molecule has 0 bridgehead atoms. The highest BCUT2D eigenvalue weighted by Gasteiger charge is 2.16. The van der Waals surface area contributed by atoms with Gasteiger partial charge in [-0.05, 0) is 38.5 Å². The van der Waals surface area contributed by atoms with Crippen LogP contribution in [0.5, 0.6) is 0 Å².